The Bertz CT molecular complexity index is 871. The van der Waals surface area contributed by atoms with Gasteiger partial charge in [0.2, 0.25) is 0 Å². The highest BCUT2D eigenvalue weighted by Gasteiger charge is 2.13. The Kier molecular flexibility index (Phi) is 4.10. The predicted molar refractivity (Wildman–Crippen MR) is 86.8 cm³/mol. The lowest BCUT2D eigenvalue weighted by Crippen LogP contribution is -2.01. The van der Waals surface area contributed by atoms with Gasteiger partial charge in [-0.25, -0.2) is 9.37 Å². The number of nitrogens with zero attached hydrogens (tertiary/aromatic N) is 2. The molecule has 0 saturated carbocycles. The molecular weight excluding hydrogens is 295 g/mol. The molecule has 0 amide bonds. The zero-order valence-corrected chi connectivity index (χ0v) is 12.8. The highest BCUT2D eigenvalue weighted by Crippen LogP contribution is 2.26. The average Bonchev–Trinajstić information content (AvgIpc) is 2.85. The quantitative estimate of drug-likeness (QED) is 0.778. The summed E-state index contributed by atoms with van der Waals surface area (Å²) in [6.07, 6.45) is 0.885. The summed E-state index contributed by atoms with van der Waals surface area (Å²) in [6, 6.07) is 11.8. The van der Waals surface area contributed by atoms with Crippen LogP contribution in [-0.4, -0.2) is 20.6 Å². The van der Waals surface area contributed by atoms with Crippen molar-refractivity contribution in [2.75, 3.05) is 0 Å². The van der Waals surface area contributed by atoms with Crippen LogP contribution in [0.3, 0.4) is 0 Å². The van der Waals surface area contributed by atoms with Crippen molar-refractivity contribution in [1.82, 2.24) is 9.55 Å². The first kappa shape index (κ1) is 15.2. The Hall–Kier alpha value is -2.69. The molecule has 1 heterocycles. The van der Waals surface area contributed by atoms with E-state index in [0.29, 0.717) is 11.4 Å². The molecule has 3 rings (SSSR count). The maximum absolute atomic E-state index is 13.5. The summed E-state index contributed by atoms with van der Waals surface area (Å²) in [6.45, 7) is 2.83. The Morgan fingerprint density at radius 3 is 2.78 bits per heavy atom. The van der Waals surface area contributed by atoms with E-state index in [1.165, 1.54) is 12.1 Å². The van der Waals surface area contributed by atoms with Crippen molar-refractivity contribution in [1.29, 1.82) is 0 Å². The van der Waals surface area contributed by atoms with Gasteiger partial charge in [0.05, 0.1) is 17.5 Å². The molecule has 0 fully saturated rings. The molecule has 0 aliphatic heterocycles. The van der Waals surface area contributed by atoms with Crippen LogP contribution in [0.5, 0.6) is 0 Å². The summed E-state index contributed by atoms with van der Waals surface area (Å²) in [4.78, 5) is 15.5. The van der Waals surface area contributed by atoms with Crippen LogP contribution in [-0.2, 0) is 17.8 Å². The van der Waals surface area contributed by atoms with Crippen LogP contribution >= 0.6 is 0 Å². The lowest BCUT2D eigenvalue weighted by Gasteiger charge is -2.08. The molecule has 0 atom stereocenters. The summed E-state index contributed by atoms with van der Waals surface area (Å²) in [5, 5.41) is 8.92. The van der Waals surface area contributed by atoms with Crippen LogP contribution in [0.1, 0.15) is 18.9 Å². The van der Waals surface area contributed by atoms with Gasteiger partial charge in [-0.1, -0.05) is 25.1 Å². The molecule has 3 aromatic rings. The largest absolute Gasteiger partial charge is 0.481 e. The van der Waals surface area contributed by atoms with Gasteiger partial charge in [0, 0.05) is 12.1 Å². The third-order valence-corrected chi connectivity index (χ3v) is 3.70. The van der Waals surface area contributed by atoms with Crippen LogP contribution in [0.4, 0.5) is 4.39 Å². The van der Waals surface area contributed by atoms with Crippen LogP contribution in [0.25, 0.3) is 22.4 Å². The zero-order valence-electron chi connectivity index (χ0n) is 12.8. The van der Waals surface area contributed by atoms with Crippen molar-refractivity contribution in [2.45, 2.75) is 26.3 Å². The molecular formula is C18H17FN2O2. The van der Waals surface area contributed by atoms with Gasteiger partial charge in [0.1, 0.15) is 11.6 Å². The third kappa shape index (κ3) is 3.08. The normalized spacial score (nSPS) is 11.0. The van der Waals surface area contributed by atoms with Crippen molar-refractivity contribution in [3.63, 3.8) is 0 Å². The van der Waals surface area contributed by atoms with E-state index in [1.54, 1.807) is 18.2 Å². The van der Waals surface area contributed by atoms with E-state index in [2.05, 4.69) is 16.5 Å². The highest BCUT2D eigenvalue weighted by atomic mass is 19.1. The minimum Gasteiger partial charge on any atom is -0.481 e. The number of carboxylic acids is 1. The first-order valence-corrected chi connectivity index (χ1v) is 7.55. The second kappa shape index (κ2) is 6.20. The molecule has 5 heteroatoms. The van der Waals surface area contributed by atoms with E-state index in [1.807, 2.05) is 12.1 Å². The number of fused-ring (bicyclic) bond motifs is 1. The van der Waals surface area contributed by atoms with Gasteiger partial charge in [0.25, 0.3) is 0 Å². The van der Waals surface area contributed by atoms with Gasteiger partial charge in [-0.15, -0.1) is 0 Å². The zero-order chi connectivity index (χ0) is 16.4. The molecule has 4 nitrogen and oxygen atoms in total. The molecule has 2 aromatic carbocycles. The van der Waals surface area contributed by atoms with Gasteiger partial charge < -0.3 is 9.67 Å². The fraction of sp³-hybridized carbons (Fsp3) is 0.222. The number of aliphatic carboxylic acids is 1. The summed E-state index contributed by atoms with van der Waals surface area (Å²) in [7, 11) is 0. The topological polar surface area (TPSA) is 55.1 Å². The standard InChI is InChI=1S/C18H17FN2O2/c1-2-8-21-16-7-6-12(10-17(22)23)9-15(16)20-18(21)13-4-3-5-14(19)11-13/h3-7,9,11H,2,8,10H2,1H3,(H,22,23). The fourth-order valence-corrected chi connectivity index (χ4v) is 2.76. The van der Waals surface area contributed by atoms with Gasteiger partial charge >= 0.3 is 5.97 Å². The second-order valence-corrected chi connectivity index (χ2v) is 5.49. The Balaban J connectivity index is 2.16. The van der Waals surface area contributed by atoms with Crippen LogP contribution < -0.4 is 0 Å². The average molecular weight is 312 g/mol. The number of aryl methyl sites for hydroxylation is 1. The van der Waals surface area contributed by atoms with Crippen molar-refractivity contribution < 1.29 is 14.3 Å². The monoisotopic (exact) mass is 312 g/mol. The smallest absolute Gasteiger partial charge is 0.307 e. The maximum Gasteiger partial charge on any atom is 0.307 e. The summed E-state index contributed by atoms with van der Waals surface area (Å²) in [5.41, 5.74) is 3.09. The van der Waals surface area contributed by atoms with Crippen LogP contribution in [0.2, 0.25) is 0 Å². The van der Waals surface area contributed by atoms with Crippen LogP contribution in [0, 0.1) is 5.82 Å². The molecule has 0 spiro atoms. The van der Waals surface area contributed by atoms with E-state index >= 15 is 0 Å². The lowest BCUT2D eigenvalue weighted by atomic mass is 10.1. The fourth-order valence-electron chi connectivity index (χ4n) is 2.76. The molecule has 118 valence electrons. The molecule has 1 N–H and O–H groups in total. The van der Waals surface area contributed by atoms with Gasteiger partial charge in [-0.3, -0.25) is 4.79 Å². The van der Waals surface area contributed by atoms with Gasteiger partial charge in [-0.05, 0) is 36.2 Å². The summed E-state index contributed by atoms with van der Waals surface area (Å²) < 4.78 is 15.6. The minimum absolute atomic E-state index is 0.0358. The molecule has 0 unspecified atom stereocenters. The molecule has 0 bridgehead atoms. The molecule has 0 aliphatic carbocycles. The summed E-state index contributed by atoms with van der Waals surface area (Å²) >= 11 is 0. The number of imidazole rings is 1. The van der Waals surface area contributed by atoms with Crippen molar-refractivity contribution in [3.05, 3.63) is 53.8 Å². The first-order chi connectivity index (χ1) is 11.1. The second-order valence-electron chi connectivity index (χ2n) is 5.49. The van der Waals surface area contributed by atoms with Crippen molar-refractivity contribution in [2.24, 2.45) is 0 Å². The highest BCUT2D eigenvalue weighted by molar-refractivity contribution is 5.82. The van der Waals surface area contributed by atoms with Crippen LogP contribution in [0.15, 0.2) is 42.5 Å². The van der Waals surface area contributed by atoms with Crippen molar-refractivity contribution in [3.8, 4) is 11.4 Å². The predicted octanol–water partition coefficient (Wildman–Crippen LogP) is 3.88. The van der Waals surface area contributed by atoms with E-state index in [-0.39, 0.29) is 12.2 Å². The SMILES string of the molecule is CCCn1c(-c2cccc(F)c2)nc2cc(CC(=O)O)ccc21. The number of carbonyl (C=O) groups is 1. The molecule has 0 radical (unpaired) electrons. The van der Waals surface area contributed by atoms with Gasteiger partial charge in [0.15, 0.2) is 0 Å². The number of rotatable bonds is 5. The van der Waals surface area contributed by atoms with E-state index < -0.39 is 5.97 Å². The number of hydrogen-bond acceptors (Lipinski definition) is 2. The molecule has 0 aliphatic rings. The maximum atomic E-state index is 13.5. The Morgan fingerprint density at radius 2 is 2.09 bits per heavy atom. The number of halogens is 1. The summed E-state index contributed by atoms with van der Waals surface area (Å²) in [5.74, 6) is -0.472. The Morgan fingerprint density at radius 1 is 1.26 bits per heavy atom. The number of carboxylic acid groups (broad SMARTS) is 1. The lowest BCUT2D eigenvalue weighted by molar-refractivity contribution is -0.136. The van der Waals surface area contributed by atoms with E-state index in [9.17, 15) is 9.18 Å². The third-order valence-electron chi connectivity index (χ3n) is 3.70. The van der Waals surface area contributed by atoms with E-state index in [4.69, 9.17) is 5.11 Å². The van der Waals surface area contributed by atoms with Gasteiger partial charge in [-0.2, -0.15) is 0 Å². The number of aromatic nitrogens is 2. The minimum atomic E-state index is -0.873. The van der Waals surface area contributed by atoms with E-state index in [0.717, 1.165) is 29.6 Å². The molecule has 0 saturated heterocycles. The molecule has 23 heavy (non-hydrogen) atoms. The molecule has 1 aromatic heterocycles. The Labute approximate surface area is 133 Å². The first-order valence-electron chi connectivity index (χ1n) is 7.55. The van der Waals surface area contributed by atoms with Crippen molar-refractivity contribution >= 4 is 17.0 Å². The number of benzene rings is 2. The number of hydrogen-bond donors (Lipinski definition) is 1.